The van der Waals surface area contributed by atoms with Crippen LogP contribution in [0.3, 0.4) is 0 Å². The first-order valence-electron chi connectivity index (χ1n) is 6.06. The predicted octanol–water partition coefficient (Wildman–Crippen LogP) is 2.89. The van der Waals surface area contributed by atoms with Crippen LogP contribution in [0.5, 0.6) is 5.75 Å². The second-order valence-electron chi connectivity index (χ2n) is 3.99. The average Bonchev–Trinajstić information content (AvgIpc) is 2.81. The Hall–Kier alpha value is -1.52. The van der Waals surface area contributed by atoms with Gasteiger partial charge in [-0.15, -0.1) is 11.3 Å². The smallest absolute Gasteiger partial charge is 0.119 e. The number of hydrogen-bond acceptors (Lipinski definition) is 4. The lowest BCUT2D eigenvalue weighted by molar-refractivity contribution is 0.308. The van der Waals surface area contributed by atoms with Crippen LogP contribution in [-0.4, -0.2) is 13.2 Å². The van der Waals surface area contributed by atoms with E-state index in [1.54, 1.807) is 11.3 Å². The van der Waals surface area contributed by atoms with Crippen molar-refractivity contribution in [3.05, 3.63) is 46.7 Å². The summed E-state index contributed by atoms with van der Waals surface area (Å²) in [5.74, 6) is 0.931. The van der Waals surface area contributed by atoms with Crippen molar-refractivity contribution in [2.45, 2.75) is 13.0 Å². The molecule has 1 aromatic heterocycles. The van der Waals surface area contributed by atoms with Crippen molar-refractivity contribution in [3.8, 4) is 5.75 Å². The highest BCUT2D eigenvalue weighted by Crippen LogP contribution is 2.17. The highest BCUT2D eigenvalue weighted by molar-refractivity contribution is 7.10. The standard InChI is InChI=1S/C14H18N2OS/c15-13-7-10-18-14(13)11-16-8-4-9-17-12-5-2-1-3-6-12/h1-3,5-7,10,16H,4,8-9,11,15H2. The summed E-state index contributed by atoms with van der Waals surface area (Å²) in [5.41, 5.74) is 6.69. The Kier molecular flexibility index (Phi) is 5.05. The van der Waals surface area contributed by atoms with Gasteiger partial charge in [0.25, 0.3) is 0 Å². The largest absolute Gasteiger partial charge is 0.494 e. The van der Waals surface area contributed by atoms with E-state index in [1.165, 1.54) is 4.88 Å². The van der Waals surface area contributed by atoms with Crippen LogP contribution in [-0.2, 0) is 6.54 Å². The SMILES string of the molecule is Nc1ccsc1CNCCCOc1ccccc1. The maximum atomic E-state index is 5.80. The molecule has 0 aliphatic heterocycles. The van der Waals surface area contributed by atoms with Gasteiger partial charge in [-0.05, 0) is 36.5 Å². The minimum atomic E-state index is 0.733. The number of hydrogen-bond donors (Lipinski definition) is 2. The lowest BCUT2D eigenvalue weighted by atomic mass is 10.3. The van der Waals surface area contributed by atoms with E-state index in [2.05, 4.69) is 5.32 Å². The average molecular weight is 262 g/mol. The molecule has 0 fully saturated rings. The van der Waals surface area contributed by atoms with Crippen LogP contribution in [0.2, 0.25) is 0 Å². The number of benzene rings is 1. The first kappa shape index (κ1) is 12.9. The number of anilines is 1. The fourth-order valence-electron chi connectivity index (χ4n) is 1.60. The Bertz CT molecular complexity index is 456. The Morgan fingerprint density at radius 1 is 1.17 bits per heavy atom. The van der Waals surface area contributed by atoms with E-state index in [4.69, 9.17) is 10.5 Å². The number of nitrogens with one attached hydrogen (secondary N) is 1. The van der Waals surface area contributed by atoms with E-state index in [1.807, 2.05) is 41.8 Å². The number of thiophene rings is 1. The van der Waals surface area contributed by atoms with Crippen LogP contribution >= 0.6 is 11.3 Å². The third-order valence-corrected chi connectivity index (χ3v) is 3.51. The predicted molar refractivity (Wildman–Crippen MR) is 77.0 cm³/mol. The summed E-state index contributed by atoms with van der Waals surface area (Å²) in [7, 11) is 0. The van der Waals surface area contributed by atoms with Crippen molar-refractivity contribution in [1.29, 1.82) is 0 Å². The summed E-state index contributed by atoms with van der Waals surface area (Å²) in [4.78, 5) is 1.21. The van der Waals surface area contributed by atoms with Gasteiger partial charge in [0.15, 0.2) is 0 Å². The Balaban J connectivity index is 1.56. The van der Waals surface area contributed by atoms with Crippen LogP contribution < -0.4 is 15.8 Å². The van der Waals surface area contributed by atoms with E-state index in [9.17, 15) is 0 Å². The summed E-state index contributed by atoms with van der Waals surface area (Å²) >= 11 is 1.69. The zero-order valence-corrected chi connectivity index (χ0v) is 11.1. The maximum absolute atomic E-state index is 5.80. The molecular formula is C14H18N2OS. The summed E-state index contributed by atoms with van der Waals surface area (Å²) < 4.78 is 5.60. The number of nitrogen functional groups attached to an aromatic ring is 1. The fourth-order valence-corrected chi connectivity index (χ4v) is 2.37. The van der Waals surface area contributed by atoms with Crippen LogP contribution in [0.4, 0.5) is 5.69 Å². The Morgan fingerprint density at radius 3 is 2.72 bits per heavy atom. The van der Waals surface area contributed by atoms with Crippen LogP contribution in [0.1, 0.15) is 11.3 Å². The van der Waals surface area contributed by atoms with Crippen molar-refractivity contribution in [1.82, 2.24) is 5.32 Å². The third-order valence-electron chi connectivity index (χ3n) is 2.58. The summed E-state index contributed by atoms with van der Waals surface area (Å²) in [6.45, 7) is 2.51. The molecule has 0 saturated heterocycles. The molecule has 0 bridgehead atoms. The summed E-state index contributed by atoms with van der Waals surface area (Å²) in [6.07, 6.45) is 0.986. The molecule has 2 aromatic rings. The lowest BCUT2D eigenvalue weighted by Crippen LogP contribution is -2.16. The van der Waals surface area contributed by atoms with Crippen molar-refractivity contribution in [2.24, 2.45) is 0 Å². The summed E-state index contributed by atoms with van der Waals surface area (Å²) in [6, 6.07) is 11.8. The van der Waals surface area contributed by atoms with E-state index >= 15 is 0 Å². The number of ether oxygens (including phenoxy) is 1. The molecule has 1 aromatic carbocycles. The first-order valence-corrected chi connectivity index (χ1v) is 6.94. The minimum absolute atomic E-state index is 0.733. The highest BCUT2D eigenvalue weighted by Gasteiger charge is 1.99. The van der Waals surface area contributed by atoms with Gasteiger partial charge in [-0.3, -0.25) is 0 Å². The molecule has 18 heavy (non-hydrogen) atoms. The molecule has 3 N–H and O–H groups in total. The van der Waals surface area contributed by atoms with Crippen molar-refractivity contribution < 1.29 is 4.74 Å². The topological polar surface area (TPSA) is 47.3 Å². The normalized spacial score (nSPS) is 10.4. The molecule has 0 amide bonds. The monoisotopic (exact) mass is 262 g/mol. The zero-order chi connectivity index (χ0) is 12.6. The number of rotatable bonds is 7. The van der Waals surface area contributed by atoms with E-state index in [0.29, 0.717) is 0 Å². The molecule has 3 nitrogen and oxygen atoms in total. The third kappa shape index (κ3) is 4.05. The summed E-state index contributed by atoms with van der Waals surface area (Å²) in [5, 5.41) is 5.38. The van der Waals surface area contributed by atoms with Gasteiger partial charge in [0.2, 0.25) is 0 Å². The highest BCUT2D eigenvalue weighted by atomic mass is 32.1. The fraction of sp³-hybridized carbons (Fsp3) is 0.286. The molecule has 2 rings (SSSR count). The van der Waals surface area contributed by atoms with E-state index < -0.39 is 0 Å². The van der Waals surface area contributed by atoms with Crippen molar-refractivity contribution >= 4 is 17.0 Å². The van der Waals surface area contributed by atoms with Crippen LogP contribution in [0.25, 0.3) is 0 Å². The van der Waals surface area contributed by atoms with Crippen LogP contribution in [0, 0.1) is 0 Å². The lowest BCUT2D eigenvalue weighted by Gasteiger charge is -2.06. The van der Waals surface area contributed by atoms with Gasteiger partial charge in [0.1, 0.15) is 5.75 Å². The minimum Gasteiger partial charge on any atom is -0.494 e. The van der Waals surface area contributed by atoms with Gasteiger partial charge in [0.05, 0.1) is 6.61 Å². The molecule has 0 aliphatic rings. The van der Waals surface area contributed by atoms with E-state index in [-0.39, 0.29) is 0 Å². The number of nitrogens with two attached hydrogens (primary N) is 1. The molecule has 4 heteroatoms. The van der Waals surface area contributed by atoms with Crippen LogP contribution in [0.15, 0.2) is 41.8 Å². The molecule has 0 radical (unpaired) electrons. The Morgan fingerprint density at radius 2 is 2.00 bits per heavy atom. The first-order chi connectivity index (χ1) is 8.86. The molecule has 96 valence electrons. The molecule has 0 unspecified atom stereocenters. The zero-order valence-electron chi connectivity index (χ0n) is 10.3. The van der Waals surface area contributed by atoms with Gasteiger partial charge in [-0.25, -0.2) is 0 Å². The maximum Gasteiger partial charge on any atom is 0.119 e. The number of para-hydroxylation sites is 1. The second-order valence-corrected chi connectivity index (χ2v) is 4.99. The van der Waals surface area contributed by atoms with Gasteiger partial charge in [0, 0.05) is 17.1 Å². The molecule has 1 heterocycles. The second kappa shape index (κ2) is 7.03. The molecule has 0 spiro atoms. The quantitative estimate of drug-likeness (QED) is 0.754. The molecule has 0 saturated carbocycles. The van der Waals surface area contributed by atoms with Crippen molar-refractivity contribution in [2.75, 3.05) is 18.9 Å². The van der Waals surface area contributed by atoms with Crippen molar-refractivity contribution in [3.63, 3.8) is 0 Å². The van der Waals surface area contributed by atoms with Gasteiger partial charge in [-0.1, -0.05) is 18.2 Å². The van der Waals surface area contributed by atoms with Gasteiger partial charge in [-0.2, -0.15) is 0 Å². The van der Waals surface area contributed by atoms with Gasteiger partial charge >= 0.3 is 0 Å². The van der Waals surface area contributed by atoms with E-state index in [0.717, 1.165) is 37.6 Å². The molecular weight excluding hydrogens is 244 g/mol. The van der Waals surface area contributed by atoms with Gasteiger partial charge < -0.3 is 15.8 Å². The molecule has 0 atom stereocenters. The molecule has 0 aliphatic carbocycles. The Labute approximate surface area is 112 Å².